The van der Waals surface area contributed by atoms with Crippen LogP contribution in [0.4, 0.5) is 13.2 Å². The number of hydrogen-bond acceptors (Lipinski definition) is 6. The minimum Gasteiger partial charge on any atom is -0.478 e. The van der Waals surface area contributed by atoms with E-state index in [-0.39, 0.29) is 40.5 Å². The maximum atomic E-state index is 15.8. The number of pyridine rings is 1. The number of carboxylic acid groups (broad SMARTS) is 1. The van der Waals surface area contributed by atoms with Gasteiger partial charge in [0.15, 0.2) is 11.5 Å². The lowest BCUT2D eigenvalue weighted by molar-refractivity contribution is -0.0589. The Morgan fingerprint density at radius 1 is 1.00 bits per heavy atom. The molecule has 2 aromatic heterocycles. The van der Waals surface area contributed by atoms with Crippen LogP contribution < -0.4 is 9.47 Å². The lowest BCUT2D eigenvalue weighted by atomic mass is 10.00. The van der Waals surface area contributed by atoms with E-state index in [1.54, 1.807) is 54.1 Å². The molecule has 47 heavy (non-hydrogen) atoms. The quantitative estimate of drug-likeness (QED) is 0.193. The highest BCUT2D eigenvalue weighted by Crippen LogP contribution is 2.47. The van der Waals surface area contributed by atoms with Crippen molar-refractivity contribution in [3.63, 3.8) is 0 Å². The summed E-state index contributed by atoms with van der Waals surface area (Å²) in [7, 11) is 0. The Morgan fingerprint density at radius 2 is 1.81 bits per heavy atom. The number of benzene rings is 4. The minimum atomic E-state index is -1.11. The second kappa shape index (κ2) is 11.1. The van der Waals surface area contributed by atoms with Crippen LogP contribution in [0.25, 0.3) is 33.1 Å². The number of ether oxygens (including phenoxy) is 3. The molecule has 236 valence electrons. The number of aromatic carboxylic acids is 1. The van der Waals surface area contributed by atoms with Gasteiger partial charge in [0.05, 0.1) is 40.3 Å². The Labute approximate surface area is 266 Å². The topological polar surface area (TPSA) is 95.7 Å². The van der Waals surface area contributed by atoms with Crippen molar-refractivity contribution in [3.05, 3.63) is 118 Å². The molecule has 2 aliphatic heterocycles. The van der Waals surface area contributed by atoms with E-state index < -0.39 is 29.7 Å². The molecule has 2 aliphatic rings. The number of fused-ring (bicyclic) bond motifs is 3. The smallest absolute Gasteiger partial charge is 0.335 e. The standard InChI is InChI=1S/C36H26F3N3O5/c1-18-10-21(35(43)44)14-30-33(18)41-32(42(30)17-22-7-9-45-22)15-24-26(37)12-20(13-27(24)38)23-5-2-6-31-34(23)47-36(46-31)25-11-19-4-3-8-40-29(19)16-28(25)39/h2-6,8,10-14,16,22,36H,7,9,15,17H2,1H3,(H,43,44)/t22-,36?/m0/s1. The van der Waals surface area contributed by atoms with Gasteiger partial charge in [0, 0.05) is 41.8 Å². The number of aromatic nitrogens is 3. The van der Waals surface area contributed by atoms with Crippen molar-refractivity contribution in [1.82, 2.24) is 14.5 Å². The van der Waals surface area contributed by atoms with Crippen LogP contribution in [0.5, 0.6) is 11.5 Å². The first kappa shape index (κ1) is 29.0. The van der Waals surface area contributed by atoms with Crippen LogP contribution in [0, 0.1) is 24.4 Å². The summed E-state index contributed by atoms with van der Waals surface area (Å²) >= 11 is 0. The number of aryl methyl sites for hydroxylation is 1. The zero-order chi connectivity index (χ0) is 32.4. The molecule has 1 N–H and O–H groups in total. The number of nitrogens with zero attached hydrogens (tertiary/aromatic N) is 3. The van der Waals surface area contributed by atoms with Crippen molar-refractivity contribution >= 4 is 27.9 Å². The van der Waals surface area contributed by atoms with E-state index in [0.717, 1.165) is 6.42 Å². The zero-order valence-electron chi connectivity index (χ0n) is 25.0. The van der Waals surface area contributed by atoms with E-state index in [4.69, 9.17) is 19.2 Å². The molecule has 11 heteroatoms. The third-order valence-corrected chi connectivity index (χ3v) is 8.75. The zero-order valence-corrected chi connectivity index (χ0v) is 25.0. The first-order valence-electron chi connectivity index (χ1n) is 15.1. The number of carbonyl (C=O) groups is 1. The highest BCUT2D eigenvalue weighted by atomic mass is 19.1. The summed E-state index contributed by atoms with van der Waals surface area (Å²) in [6.45, 7) is 2.74. The van der Waals surface area contributed by atoms with Crippen LogP contribution in [0.3, 0.4) is 0 Å². The first-order valence-corrected chi connectivity index (χ1v) is 15.1. The third-order valence-electron chi connectivity index (χ3n) is 8.75. The molecule has 0 aliphatic carbocycles. The second-order valence-corrected chi connectivity index (χ2v) is 11.8. The van der Waals surface area contributed by atoms with Crippen LogP contribution in [-0.4, -0.2) is 38.3 Å². The van der Waals surface area contributed by atoms with E-state index in [1.165, 1.54) is 30.3 Å². The fourth-order valence-electron chi connectivity index (χ4n) is 6.24. The van der Waals surface area contributed by atoms with Crippen LogP contribution in [0.1, 0.15) is 45.6 Å². The van der Waals surface area contributed by atoms with Crippen LogP contribution in [-0.2, 0) is 17.7 Å². The summed E-state index contributed by atoms with van der Waals surface area (Å²) in [5.41, 5.74) is 2.93. The highest BCUT2D eigenvalue weighted by Gasteiger charge is 2.32. The molecule has 6 aromatic rings. The van der Waals surface area contributed by atoms with Crippen LogP contribution in [0.2, 0.25) is 0 Å². The van der Waals surface area contributed by atoms with Gasteiger partial charge in [-0.15, -0.1) is 0 Å². The molecular formula is C36H26F3N3O5. The van der Waals surface area contributed by atoms with Gasteiger partial charge in [-0.1, -0.05) is 18.2 Å². The molecule has 1 saturated heterocycles. The lowest BCUT2D eigenvalue weighted by Crippen LogP contribution is -2.31. The lowest BCUT2D eigenvalue weighted by Gasteiger charge is -2.27. The maximum Gasteiger partial charge on any atom is 0.335 e. The summed E-state index contributed by atoms with van der Waals surface area (Å²) in [4.78, 5) is 20.6. The average molecular weight is 638 g/mol. The average Bonchev–Trinajstić information content (AvgIpc) is 3.61. The van der Waals surface area contributed by atoms with Gasteiger partial charge in [-0.2, -0.15) is 0 Å². The van der Waals surface area contributed by atoms with Crippen LogP contribution in [0.15, 0.2) is 72.9 Å². The van der Waals surface area contributed by atoms with E-state index in [0.29, 0.717) is 57.8 Å². The molecule has 4 heterocycles. The number of imidazole rings is 1. The molecule has 0 saturated carbocycles. The molecule has 0 spiro atoms. The predicted octanol–water partition coefficient (Wildman–Crippen LogP) is 7.53. The normalized spacial score (nSPS) is 16.9. The van der Waals surface area contributed by atoms with Crippen LogP contribution >= 0.6 is 0 Å². The van der Waals surface area contributed by atoms with Crippen molar-refractivity contribution in [2.24, 2.45) is 0 Å². The molecular weight excluding hydrogens is 611 g/mol. The second-order valence-electron chi connectivity index (χ2n) is 11.8. The van der Waals surface area contributed by atoms with Gasteiger partial charge in [-0.3, -0.25) is 4.98 Å². The Morgan fingerprint density at radius 3 is 2.55 bits per heavy atom. The molecule has 1 unspecified atom stereocenters. The Kier molecular flexibility index (Phi) is 6.87. The molecule has 8 rings (SSSR count). The van der Waals surface area contributed by atoms with E-state index >= 15 is 13.2 Å². The summed E-state index contributed by atoms with van der Waals surface area (Å²) in [5, 5.41) is 10.3. The maximum absolute atomic E-state index is 15.8. The van der Waals surface area contributed by atoms with Gasteiger partial charge in [0.2, 0.25) is 0 Å². The van der Waals surface area contributed by atoms with Gasteiger partial charge in [-0.25, -0.2) is 22.9 Å². The molecule has 4 aromatic carbocycles. The summed E-state index contributed by atoms with van der Waals surface area (Å²) < 4.78 is 66.2. The number of rotatable bonds is 7. The number of hydrogen-bond donors (Lipinski definition) is 1. The van der Waals surface area contributed by atoms with Gasteiger partial charge in [0.1, 0.15) is 23.3 Å². The number of para-hydroxylation sites is 1. The molecule has 0 amide bonds. The van der Waals surface area contributed by atoms with Gasteiger partial charge < -0.3 is 23.9 Å². The SMILES string of the molecule is Cc1cc(C(=O)O)cc2c1nc(Cc1c(F)cc(-c3cccc4c3OC(c3cc5cccnc5cc3F)O4)cc1F)n2C[C@@H]1CCO1. The van der Waals surface area contributed by atoms with E-state index in [1.807, 2.05) is 0 Å². The van der Waals surface area contributed by atoms with Crippen molar-refractivity contribution < 1.29 is 37.3 Å². The monoisotopic (exact) mass is 637 g/mol. The molecule has 0 radical (unpaired) electrons. The fraction of sp³-hybridized carbons (Fsp3) is 0.194. The van der Waals surface area contributed by atoms with E-state index in [2.05, 4.69) is 4.98 Å². The summed E-state index contributed by atoms with van der Waals surface area (Å²) in [5.74, 6) is -2.27. The summed E-state index contributed by atoms with van der Waals surface area (Å²) in [6.07, 6.45) is 0.998. The Hall–Kier alpha value is -5.42. The number of halogens is 3. The number of carboxylic acids is 1. The van der Waals surface area contributed by atoms with Gasteiger partial charge >= 0.3 is 5.97 Å². The molecule has 2 atom stereocenters. The van der Waals surface area contributed by atoms with Gasteiger partial charge in [-0.05, 0) is 66.9 Å². The van der Waals surface area contributed by atoms with Crippen molar-refractivity contribution in [1.29, 1.82) is 0 Å². The first-order chi connectivity index (χ1) is 22.7. The predicted molar refractivity (Wildman–Crippen MR) is 166 cm³/mol. The van der Waals surface area contributed by atoms with Crippen molar-refractivity contribution in [3.8, 4) is 22.6 Å². The Balaban J connectivity index is 1.13. The summed E-state index contributed by atoms with van der Waals surface area (Å²) in [6, 6.07) is 16.9. The largest absolute Gasteiger partial charge is 0.478 e. The third kappa shape index (κ3) is 5.03. The van der Waals surface area contributed by atoms with Crippen molar-refractivity contribution in [2.75, 3.05) is 6.61 Å². The van der Waals surface area contributed by atoms with E-state index in [9.17, 15) is 9.90 Å². The Bertz CT molecular complexity index is 2220. The molecule has 8 nitrogen and oxygen atoms in total. The van der Waals surface area contributed by atoms with Gasteiger partial charge in [0.25, 0.3) is 6.29 Å². The highest BCUT2D eigenvalue weighted by molar-refractivity contribution is 5.94. The minimum absolute atomic E-state index is 0.100. The molecule has 1 fully saturated rings. The van der Waals surface area contributed by atoms with Crippen molar-refractivity contribution in [2.45, 2.75) is 38.7 Å². The fourth-order valence-corrected chi connectivity index (χ4v) is 6.24. The molecule has 0 bridgehead atoms.